The fraction of sp³-hybridized carbons (Fsp3) is 0.667. The zero-order valence-electron chi connectivity index (χ0n) is 11.0. The van der Waals surface area contributed by atoms with Crippen LogP contribution in [0.4, 0.5) is 4.79 Å². The van der Waals surface area contributed by atoms with Gasteiger partial charge in [-0.2, -0.15) is 5.10 Å². The van der Waals surface area contributed by atoms with E-state index in [1.165, 1.54) is 0 Å². The average Bonchev–Trinajstić information content (AvgIpc) is 2.72. The second-order valence-corrected chi connectivity index (χ2v) is 5.22. The maximum atomic E-state index is 11.5. The van der Waals surface area contributed by atoms with E-state index in [0.717, 1.165) is 12.2 Å². The van der Waals surface area contributed by atoms with Crippen LogP contribution in [0.1, 0.15) is 32.6 Å². The van der Waals surface area contributed by atoms with Crippen molar-refractivity contribution in [2.45, 2.75) is 39.0 Å². The van der Waals surface area contributed by atoms with Crippen LogP contribution in [0.15, 0.2) is 12.3 Å². The predicted octanol–water partition coefficient (Wildman–Crippen LogP) is 1.48. The number of rotatable bonds is 2. The molecule has 1 aromatic heterocycles. The molecule has 100 valence electrons. The van der Waals surface area contributed by atoms with Crippen molar-refractivity contribution < 1.29 is 14.3 Å². The van der Waals surface area contributed by atoms with Crippen LogP contribution in [0.25, 0.3) is 0 Å². The van der Waals surface area contributed by atoms with Crippen LogP contribution >= 0.6 is 0 Å². The molecule has 0 radical (unpaired) electrons. The third-order valence-electron chi connectivity index (χ3n) is 2.53. The first-order chi connectivity index (χ1) is 8.46. The first-order valence-corrected chi connectivity index (χ1v) is 6.06. The van der Waals surface area contributed by atoms with E-state index in [1.807, 2.05) is 31.5 Å². The van der Waals surface area contributed by atoms with Gasteiger partial charge in [-0.25, -0.2) is 4.79 Å². The first-order valence-electron chi connectivity index (χ1n) is 6.06. The van der Waals surface area contributed by atoms with Crippen molar-refractivity contribution in [3.8, 4) is 0 Å². The highest BCUT2D eigenvalue weighted by atomic mass is 16.6. The van der Waals surface area contributed by atoms with Gasteiger partial charge in [-0.15, -0.1) is 0 Å². The summed E-state index contributed by atoms with van der Waals surface area (Å²) in [6.07, 6.45) is 1.15. The molecule has 0 spiro atoms. The van der Waals surface area contributed by atoms with Crippen molar-refractivity contribution in [2.75, 3.05) is 13.2 Å². The number of amides is 1. The van der Waals surface area contributed by atoms with Crippen molar-refractivity contribution in [3.63, 3.8) is 0 Å². The van der Waals surface area contributed by atoms with E-state index < -0.39 is 11.7 Å². The van der Waals surface area contributed by atoms with E-state index in [1.54, 1.807) is 6.20 Å². The van der Waals surface area contributed by atoms with Crippen molar-refractivity contribution >= 4 is 6.09 Å². The Morgan fingerprint density at radius 1 is 1.67 bits per heavy atom. The normalized spacial score (nSPS) is 19.2. The molecule has 1 aromatic rings. The van der Waals surface area contributed by atoms with E-state index in [9.17, 15) is 4.79 Å². The van der Waals surface area contributed by atoms with Gasteiger partial charge in [0.05, 0.1) is 25.4 Å². The lowest BCUT2D eigenvalue weighted by atomic mass is 10.2. The molecule has 0 fully saturated rings. The van der Waals surface area contributed by atoms with Crippen LogP contribution < -0.4 is 5.32 Å². The summed E-state index contributed by atoms with van der Waals surface area (Å²) >= 11 is 0. The molecule has 1 N–H and O–H groups in total. The summed E-state index contributed by atoms with van der Waals surface area (Å²) in [5.74, 6) is 0. The Hall–Kier alpha value is -1.56. The van der Waals surface area contributed by atoms with Gasteiger partial charge >= 0.3 is 6.09 Å². The molecule has 0 aromatic carbocycles. The molecule has 2 rings (SSSR count). The van der Waals surface area contributed by atoms with Crippen molar-refractivity contribution in [1.82, 2.24) is 15.1 Å². The number of carbonyl (C=O) groups excluding carboxylic acids is 1. The topological polar surface area (TPSA) is 65.4 Å². The Morgan fingerprint density at radius 2 is 2.44 bits per heavy atom. The number of hydrogen-bond acceptors (Lipinski definition) is 4. The van der Waals surface area contributed by atoms with Gasteiger partial charge in [-0.1, -0.05) is 0 Å². The highest BCUT2D eigenvalue weighted by molar-refractivity contribution is 5.67. The molecule has 18 heavy (non-hydrogen) atoms. The van der Waals surface area contributed by atoms with Crippen molar-refractivity contribution in [1.29, 1.82) is 0 Å². The molecule has 0 saturated carbocycles. The second kappa shape index (κ2) is 4.97. The van der Waals surface area contributed by atoms with Gasteiger partial charge in [0.25, 0.3) is 0 Å². The number of alkyl carbamates (subject to hydrolysis) is 1. The highest BCUT2D eigenvalue weighted by Gasteiger charge is 2.23. The van der Waals surface area contributed by atoms with Gasteiger partial charge in [0.15, 0.2) is 0 Å². The van der Waals surface area contributed by atoms with Gasteiger partial charge in [-0.05, 0) is 26.8 Å². The van der Waals surface area contributed by atoms with Gasteiger partial charge in [-0.3, -0.25) is 4.68 Å². The number of nitrogens with one attached hydrogen (secondary N) is 1. The smallest absolute Gasteiger partial charge is 0.407 e. The third-order valence-corrected chi connectivity index (χ3v) is 2.53. The van der Waals surface area contributed by atoms with Crippen LogP contribution in [0.2, 0.25) is 0 Å². The quantitative estimate of drug-likeness (QED) is 0.867. The molecular formula is C12H19N3O3. The Balaban J connectivity index is 1.87. The lowest BCUT2D eigenvalue weighted by molar-refractivity contribution is 0.0111. The number of fused-ring (bicyclic) bond motifs is 1. The Labute approximate surface area is 106 Å². The monoisotopic (exact) mass is 253 g/mol. The minimum absolute atomic E-state index is 0.159. The van der Waals surface area contributed by atoms with Gasteiger partial charge in [0.2, 0.25) is 0 Å². The number of nitrogens with zero attached hydrogens (tertiary/aromatic N) is 2. The lowest BCUT2D eigenvalue weighted by Crippen LogP contribution is -2.37. The van der Waals surface area contributed by atoms with Crippen molar-refractivity contribution in [3.05, 3.63) is 18.0 Å². The molecular weight excluding hydrogens is 234 g/mol. The molecule has 6 heteroatoms. The molecule has 1 aliphatic rings. The lowest BCUT2D eigenvalue weighted by Gasteiger charge is -2.25. The summed E-state index contributed by atoms with van der Waals surface area (Å²) in [7, 11) is 0. The third kappa shape index (κ3) is 3.22. The Morgan fingerprint density at radius 3 is 3.17 bits per heavy atom. The van der Waals surface area contributed by atoms with Gasteiger partial charge in [0, 0.05) is 6.20 Å². The molecule has 0 bridgehead atoms. The van der Waals surface area contributed by atoms with Crippen LogP contribution in [0, 0.1) is 0 Å². The van der Waals surface area contributed by atoms with E-state index in [2.05, 4.69) is 10.4 Å². The molecule has 2 heterocycles. The minimum Gasteiger partial charge on any atom is -0.444 e. The fourth-order valence-electron chi connectivity index (χ4n) is 1.82. The highest BCUT2D eigenvalue weighted by Crippen LogP contribution is 2.20. The van der Waals surface area contributed by atoms with E-state index in [0.29, 0.717) is 13.2 Å². The second-order valence-electron chi connectivity index (χ2n) is 5.22. The molecule has 0 saturated heterocycles. The van der Waals surface area contributed by atoms with E-state index in [4.69, 9.17) is 9.47 Å². The largest absolute Gasteiger partial charge is 0.444 e. The molecule has 6 nitrogen and oxygen atoms in total. The number of carbonyl (C=O) groups is 1. The summed E-state index contributed by atoms with van der Waals surface area (Å²) in [6.45, 7) is 7.25. The molecule has 1 aliphatic heterocycles. The summed E-state index contributed by atoms with van der Waals surface area (Å²) in [4.78, 5) is 11.5. The van der Waals surface area contributed by atoms with Crippen LogP contribution in [-0.4, -0.2) is 34.6 Å². The standard InChI is InChI=1S/C12H19N3O3/c1-12(2,3)18-11(16)13-8-10-9-4-5-14-15(9)6-7-17-10/h4-5,10H,6-8H2,1-3H3,(H,13,16). The maximum absolute atomic E-state index is 11.5. The predicted molar refractivity (Wildman–Crippen MR) is 65.2 cm³/mol. The fourth-order valence-corrected chi connectivity index (χ4v) is 1.82. The summed E-state index contributed by atoms with van der Waals surface area (Å²) in [6, 6.07) is 1.90. The molecule has 0 aliphatic carbocycles. The molecule has 1 amide bonds. The average molecular weight is 253 g/mol. The van der Waals surface area contributed by atoms with Crippen molar-refractivity contribution in [2.24, 2.45) is 0 Å². The van der Waals surface area contributed by atoms with Gasteiger partial charge in [0.1, 0.15) is 11.7 Å². The van der Waals surface area contributed by atoms with Crippen LogP contribution in [0.3, 0.4) is 0 Å². The molecule has 1 atom stereocenters. The van der Waals surface area contributed by atoms with Crippen LogP contribution in [0.5, 0.6) is 0 Å². The number of aromatic nitrogens is 2. The zero-order chi connectivity index (χ0) is 13.2. The SMILES string of the molecule is CC(C)(C)OC(=O)NCC1OCCn2nccc21. The summed E-state index contributed by atoms with van der Waals surface area (Å²) in [5.41, 5.74) is 0.497. The molecule has 1 unspecified atom stereocenters. The summed E-state index contributed by atoms with van der Waals surface area (Å²) < 4.78 is 12.7. The zero-order valence-corrected chi connectivity index (χ0v) is 11.0. The number of hydrogen-bond donors (Lipinski definition) is 1. The minimum atomic E-state index is -0.487. The number of ether oxygens (including phenoxy) is 2. The maximum Gasteiger partial charge on any atom is 0.407 e. The van der Waals surface area contributed by atoms with Gasteiger partial charge < -0.3 is 14.8 Å². The Bertz CT molecular complexity index is 422. The van der Waals surface area contributed by atoms with Crippen LogP contribution in [-0.2, 0) is 16.0 Å². The summed E-state index contributed by atoms with van der Waals surface area (Å²) in [5, 5.41) is 6.90. The Kier molecular flexibility index (Phi) is 3.56. The van der Waals surface area contributed by atoms with E-state index >= 15 is 0 Å². The first kappa shape index (κ1) is 12.9. The van der Waals surface area contributed by atoms with E-state index in [-0.39, 0.29) is 6.10 Å².